The number of para-hydroxylation sites is 1. The second-order valence-corrected chi connectivity index (χ2v) is 4.52. The lowest BCUT2D eigenvalue weighted by atomic mass is 10.2. The van der Waals surface area contributed by atoms with Crippen LogP contribution in [0.3, 0.4) is 0 Å². The molecular weight excluding hydrogens is 226 g/mol. The summed E-state index contributed by atoms with van der Waals surface area (Å²) in [6.07, 6.45) is 4.33. The van der Waals surface area contributed by atoms with Gasteiger partial charge in [0.05, 0.1) is 12.7 Å². The molecule has 1 heterocycles. The standard InChI is InChI=1S/C15H19NO2/c1-12(17)6-2-3-11-18-14-9-4-7-13-8-5-10-16-15(13)14/h4-5,7-10,12,17H,2-3,6,11H2,1H3. The average Bonchev–Trinajstić information content (AvgIpc) is 2.38. The fraction of sp³-hybridized carbons (Fsp3) is 0.400. The van der Waals surface area contributed by atoms with Gasteiger partial charge in [-0.25, -0.2) is 0 Å². The van der Waals surface area contributed by atoms with Crippen molar-refractivity contribution in [2.75, 3.05) is 6.61 Å². The second kappa shape index (κ2) is 6.36. The van der Waals surface area contributed by atoms with Crippen LogP contribution in [0.25, 0.3) is 10.9 Å². The van der Waals surface area contributed by atoms with Gasteiger partial charge in [0.1, 0.15) is 11.3 Å². The summed E-state index contributed by atoms with van der Waals surface area (Å²) in [6.45, 7) is 2.48. The van der Waals surface area contributed by atoms with Gasteiger partial charge in [-0.2, -0.15) is 0 Å². The molecule has 1 aromatic heterocycles. The number of fused-ring (bicyclic) bond motifs is 1. The zero-order valence-electron chi connectivity index (χ0n) is 10.7. The van der Waals surface area contributed by atoms with Crippen LogP contribution in [0.4, 0.5) is 0 Å². The van der Waals surface area contributed by atoms with Gasteiger partial charge in [0.25, 0.3) is 0 Å². The molecule has 3 nitrogen and oxygen atoms in total. The number of nitrogens with zero attached hydrogens (tertiary/aromatic N) is 1. The van der Waals surface area contributed by atoms with Crippen molar-refractivity contribution in [2.24, 2.45) is 0 Å². The predicted octanol–water partition coefficient (Wildman–Crippen LogP) is 3.16. The molecule has 0 radical (unpaired) electrons. The summed E-state index contributed by atoms with van der Waals surface area (Å²) in [6, 6.07) is 9.92. The molecule has 1 aromatic carbocycles. The molecule has 0 fully saturated rings. The Kier molecular flexibility index (Phi) is 4.53. The van der Waals surface area contributed by atoms with Crippen molar-refractivity contribution in [3.8, 4) is 5.75 Å². The van der Waals surface area contributed by atoms with E-state index in [4.69, 9.17) is 9.84 Å². The van der Waals surface area contributed by atoms with Crippen LogP contribution in [-0.4, -0.2) is 22.8 Å². The Hall–Kier alpha value is -1.61. The minimum absolute atomic E-state index is 0.218. The Balaban J connectivity index is 1.91. The van der Waals surface area contributed by atoms with Gasteiger partial charge in [-0.15, -0.1) is 0 Å². The maximum absolute atomic E-state index is 9.16. The highest BCUT2D eigenvalue weighted by molar-refractivity contribution is 5.84. The number of ether oxygens (including phenoxy) is 1. The minimum atomic E-state index is -0.218. The van der Waals surface area contributed by atoms with E-state index in [1.807, 2.05) is 37.3 Å². The second-order valence-electron chi connectivity index (χ2n) is 4.52. The fourth-order valence-corrected chi connectivity index (χ4v) is 1.92. The van der Waals surface area contributed by atoms with Gasteiger partial charge < -0.3 is 9.84 Å². The zero-order valence-corrected chi connectivity index (χ0v) is 10.7. The first kappa shape index (κ1) is 12.8. The highest BCUT2D eigenvalue weighted by Gasteiger charge is 2.02. The number of aliphatic hydroxyl groups is 1. The van der Waals surface area contributed by atoms with Gasteiger partial charge in [0, 0.05) is 11.6 Å². The van der Waals surface area contributed by atoms with Gasteiger partial charge in [0.2, 0.25) is 0 Å². The largest absolute Gasteiger partial charge is 0.491 e. The first-order chi connectivity index (χ1) is 8.77. The van der Waals surface area contributed by atoms with Crippen LogP contribution in [0.15, 0.2) is 36.5 Å². The number of pyridine rings is 1. The Bertz CT molecular complexity index is 491. The topological polar surface area (TPSA) is 42.4 Å². The summed E-state index contributed by atoms with van der Waals surface area (Å²) in [7, 11) is 0. The number of hydrogen-bond donors (Lipinski definition) is 1. The third kappa shape index (κ3) is 3.44. The van der Waals surface area contributed by atoms with Crippen LogP contribution in [0.5, 0.6) is 5.75 Å². The minimum Gasteiger partial charge on any atom is -0.491 e. The molecule has 0 bridgehead atoms. The summed E-state index contributed by atoms with van der Waals surface area (Å²) >= 11 is 0. The third-order valence-corrected chi connectivity index (χ3v) is 2.87. The molecule has 3 heteroatoms. The summed E-state index contributed by atoms with van der Waals surface area (Å²) < 4.78 is 5.76. The number of unbranched alkanes of at least 4 members (excludes halogenated alkanes) is 1. The normalized spacial score (nSPS) is 12.6. The molecule has 0 aliphatic heterocycles. The van der Waals surface area contributed by atoms with E-state index in [2.05, 4.69) is 4.98 Å². The highest BCUT2D eigenvalue weighted by atomic mass is 16.5. The van der Waals surface area contributed by atoms with E-state index in [0.29, 0.717) is 6.61 Å². The van der Waals surface area contributed by atoms with Crippen LogP contribution in [0.2, 0.25) is 0 Å². The van der Waals surface area contributed by atoms with Crippen LogP contribution < -0.4 is 4.74 Å². The molecule has 2 rings (SSSR count). The number of aliphatic hydroxyl groups excluding tert-OH is 1. The van der Waals surface area contributed by atoms with E-state index in [1.54, 1.807) is 6.20 Å². The monoisotopic (exact) mass is 245 g/mol. The Morgan fingerprint density at radius 2 is 2.06 bits per heavy atom. The Labute approximate surface area is 107 Å². The molecule has 0 amide bonds. The number of aromatic nitrogens is 1. The first-order valence-electron chi connectivity index (χ1n) is 6.42. The van der Waals surface area contributed by atoms with Crippen LogP contribution >= 0.6 is 0 Å². The summed E-state index contributed by atoms with van der Waals surface area (Å²) in [5.41, 5.74) is 0.913. The highest BCUT2D eigenvalue weighted by Crippen LogP contribution is 2.23. The Morgan fingerprint density at radius 1 is 1.22 bits per heavy atom. The van der Waals surface area contributed by atoms with E-state index >= 15 is 0 Å². The van der Waals surface area contributed by atoms with E-state index in [0.717, 1.165) is 35.9 Å². The quantitative estimate of drug-likeness (QED) is 0.795. The molecule has 1 atom stereocenters. The molecule has 0 aliphatic carbocycles. The van der Waals surface area contributed by atoms with Gasteiger partial charge in [-0.05, 0) is 38.3 Å². The van der Waals surface area contributed by atoms with Gasteiger partial charge in [-0.1, -0.05) is 18.2 Å². The number of rotatable bonds is 6. The van der Waals surface area contributed by atoms with Gasteiger partial charge in [0.15, 0.2) is 0 Å². The fourth-order valence-electron chi connectivity index (χ4n) is 1.92. The molecule has 18 heavy (non-hydrogen) atoms. The van der Waals surface area contributed by atoms with Crippen molar-refractivity contribution >= 4 is 10.9 Å². The van der Waals surface area contributed by atoms with E-state index in [-0.39, 0.29) is 6.10 Å². The van der Waals surface area contributed by atoms with Crippen molar-refractivity contribution < 1.29 is 9.84 Å². The zero-order chi connectivity index (χ0) is 12.8. The molecule has 1 N–H and O–H groups in total. The van der Waals surface area contributed by atoms with Gasteiger partial charge in [-0.3, -0.25) is 4.98 Å². The first-order valence-corrected chi connectivity index (χ1v) is 6.42. The summed E-state index contributed by atoms with van der Waals surface area (Å²) in [5.74, 6) is 0.838. The van der Waals surface area contributed by atoms with Crippen molar-refractivity contribution in [3.05, 3.63) is 36.5 Å². The molecule has 0 saturated carbocycles. The lowest BCUT2D eigenvalue weighted by Crippen LogP contribution is -2.02. The molecule has 2 aromatic rings. The number of benzene rings is 1. The smallest absolute Gasteiger partial charge is 0.145 e. The van der Waals surface area contributed by atoms with Gasteiger partial charge >= 0.3 is 0 Å². The SMILES string of the molecule is CC(O)CCCCOc1cccc2cccnc12. The van der Waals surface area contributed by atoms with E-state index in [9.17, 15) is 0 Å². The number of hydrogen-bond acceptors (Lipinski definition) is 3. The van der Waals surface area contributed by atoms with Crippen molar-refractivity contribution in [2.45, 2.75) is 32.3 Å². The van der Waals surface area contributed by atoms with E-state index < -0.39 is 0 Å². The maximum atomic E-state index is 9.16. The molecular formula is C15H19NO2. The molecule has 96 valence electrons. The summed E-state index contributed by atoms with van der Waals surface area (Å²) in [4.78, 5) is 4.34. The average molecular weight is 245 g/mol. The molecule has 0 saturated heterocycles. The lowest BCUT2D eigenvalue weighted by Gasteiger charge is -2.09. The van der Waals surface area contributed by atoms with Crippen molar-refractivity contribution in [3.63, 3.8) is 0 Å². The third-order valence-electron chi connectivity index (χ3n) is 2.87. The maximum Gasteiger partial charge on any atom is 0.145 e. The Morgan fingerprint density at radius 3 is 2.89 bits per heavy atom. The van der Waals surface area contributed by atoms with E-state index in [1.165, 1.54) is 0 Å². The molecule has 0 aliphatic rings. The molecule has 0 spiro atoms. The summed E-state index contributed by atoms with van der Waals surface area (Å²) in [5, 5.41) is 10.3. The van der Waals surface area contributed by atoms with Crippen molar-refractivity contribution in [1.82, 2.24) is 4.98 Å². The van der Waals surface area contributed by atoms with Crippen LogP contribution in [-0.2, 0) is 0 Å². The van der Waals surface area contributed by atoms with Crippen molar-refractivity contribution in [1.29, 1.82) is 0 Å². The predicted molar refractivity (Wildman–Crippen MR) is 72.8 cm³/mol. The van der Waals surface area contributed by atoms with Crippen LogP contribution in [0.1, 0.15) is 26.2 Å². The molecule has 1 unspecified atom stereocenters. The lowest BCUT2D eigenvalue weighted by molar-refractivity contribution is 0.177. The van der Waals surface area contributed by atoms with Crippen LogP contribution in [0, 0.1) is 0 Å².